The summed E-state index contributed by atoms with van der Waals surface area (Å²) in [5, 5.41) is 3.29. The highest BCUT2D eigenvalue weighted by Gasteiger charge is 2.12. The number of allylic oxidation sites excluding steroid dienone is 1. The van der Waals surface area contributed by atoms with Crippen LogP contribution >= 0.6 is 11.3 Å². The molecule has 1 aliphatic carbocycles. The maximum Gasteiger partial charge on any atom is 0.0948 e. The molecule has 0 spiro atoms. The Bertz CT molecular complexity index is 601. The third kappa shape index (κ3) is 4.02. The molecule has 1 aromatic heterocycles. The molecule has 0 radical (unpaired) electrons. The van der Waals surface area contributed by atoms with E-state index in [2.05, 4.69) is 35.7 Å². The molecule has 1 atom stereocenters. The first-order valence-corrected chi connectivity index (χ1v) is 8.62. The van der Waals surface area contributed by atoms with Crippen LogP contribution in [0.2, 0.25) is 0 Å². The third-order valence-electron chi connectivity index (χ3n) is 3.97. The number of hydrogen-bond acceptors (Lipinski definition) is 3. The fourth-order valence-electron chi connectivity index (χ4n) is 2.87. The van der Waals surface area contributed by atoms with Crippen molar-refractivity contribution in [3.8, 4) is 11.3 Å². The van der Waals surface area contributed by atoms with E-state index in [1.165, 1.54) is 31.2 Å². The average Bonchev–Trinajstić information content (AvgIpc) is 2.97. The highest BCUT2D eigenvalue weighted by Crippen LogP contribution is 2.25. The monoisotopic (exact) mass is 298 g/mol. The van der Waals surface area contributed by atoms with Crippen LogP contribution in [0.1, 0.15) is 37.1 Å². The van der Waals surface area contributed by atoms with Gasteiger partial charge in [-0.05, 0) is 32.1 Å². The van der Waals surface area contributed by atoms with Crippen LogP contribution in [0, 0.1) is 0 Å². The van der Waals surface area contributed by atoms with Crippen molar-refractivity contribution < 1.29 is 0 Å². The second kappa shape index (κ2) is 7.01. The summed E-state index contributed by atoms with van der Waals surface area (Å²) in [5.74, 6) is 0. The first-order chi connectivity index (χ1) is 10.3. The van der Waals surface area contributed by atoms with Crippen molar-refractivity contribution in [1.82, 2.24) is 4.98 Å². The zero-order valence-corrected chi connectivity index (χ0v) is 13.1. The maximum atomic E-state index is 6.31. The summed E-state index contributed by atoms with van der Waals surface area (Å²) >= 11 is 1.72. The Morgan fingerprint density at radius 3 is 2.76 bits per heavy atom. The fraction of sp³-hybridized carbons (Fsp3) is 0.389. The van der Waals surface area contributed by atoms with Gasteiger partial charge in [-0.2, -0.15) is 0 Å². The number of rotatable bonds is 5. The molecule has 1 heterocycles. The number of nitrogens with two attached hydrogens (primary N) is 1. The van der Waals surface area contributed by atoms with E-state index in [-0.39, 0.29) is 6.04 Å². The minimum atomic E-state index is 0.198. The molecule has 0 saturated heterocycles. The number of benzene rings is 1. The Balaban J connectivity index is 1.60. The van der Waals surface area contributed by atoms with Gasteiger partial charge >= 0.3 is 0 Å². The standard InChI is InChI=1S/C18H22N2S/c19-16(11-14-7-3-1-4-8-14)12-18-20-17(13-21-18)15-9-5-2-6-10-15/h2,5-7,9-10,13,16H,1,3-4,8,11-12,19H2. The smallest absolute Gasteiger partial charge is 0.0948 e. The lowest BCUT2D eigenvalue weighted by molar-refractivity contribution is 0.605. The highest BCUT2D eigenvalue weighted by atomic mass is 32.1. The SMILES string of the molecule is NC(CC1=CCCCC1)Cc1nc(-c2ccccc2)cs1. The van der Waals surface area contributed by atoms with Gasteiger partial charge in [0.2, 0.25) is 0 Å². The van der Waals surface area contributed by atoms with Crippen LogP contribution in [-0.4, -0.2) is 11.0 Å². The third-order valence-corrected chi connectivity index (χ3v) is 4.84. The lowest BCUT2D eigenvalue weighted by Gasteiger charge is -2.16. The van der Waals surface area contributed by atoms with E-state index in [1.54, 1.807) is 16.9 Å². The van der Waals surface area contributed by atoms with Gasteiger partial charge in [-0.3, -0.25) is 0 Å². The summed E-state index contributed by atoms with van der Waals surface area (Å²) in [6, 6.07) is 10.5. The van der Waals surface area contributed by atoms with Crippen LogP contribution in [-0.2, 0) is 6.42 Å². The van der Waals surface area contributed by atoms with E-state index in [0.717, 1.165) is 23.5 Å². The zero-order chi connectivity index (χ0) is 14.5. The molecule has 2 nitrogen and oxygen atoms in total. The van der Waals surface area contributed by atoms with Crippen LogP contribution in [0.15, 0.2) is 47.4 Å². The number of nitrogens with zero attached hydrogens (tertiary/aromatic N) is 1. The number of hydrogen-bond donors (Lipinski definition) is 1. The second-order valence-corrected chi connectivity index (χ2v) is 6.71. The molecule has 3 heteroatoms. The highest BCUT2D eigenvalue weighted by molar-refractivity contribution is 7.09. The van der Waals surface area contributed by atoms with E-state index < -0.39 is 0 Å². The summed E-state index contributed by atoms with van der Waals surface area (Å²) in [6.45, 7) is 0. The maximum absolute atomic E-state index is 6.31. The van der Waals surface area contributed by atoms with Gasteiger partial charge < -0.3 is 5.73 Å². The van der Waals surface area contributed by atoms with E-state index in [9.17, 15) is 0 Å². The molecule has 1 aromatic carbocycles. The minimum absolute atomic E-state index is 0.198. The van der Waals surface area contributed by atoms with E-state index >= 15 is 0 Å². The van der Waals surface area contributed by atoms with Gasteiger partial charge in [-0.25, -0.2) is 4.98 Å². The largest absolute Gasteiger partial charge is 0.327 e. The van der Waals surface area contributed by atoms with Gasteiger partial charge in [0, 0.05) is 23.4 Å². The van der Waals surface area contributed by atoms with E-state index in [0.29, 0.717) is 0 Å². The van der Waals surface area contributed by atoms with Crippen LogP contribution in [0.25, 0.3) is 11.3 Å². The Hall–Kier alpha value is -1.45. The Morgan fingerprint density at radius 2 is 2.00 bits per heavy atom. The van der Waals surface area contributed by atoms with Crippen molar-refractivity contribution in [1.29, 1.82) is 0 Å². The molecule has 110 valence electrons. The summed E-state index contributed by atoms with van der Waals surface area (Å²) in [5.41, 5.74) is 10.1. The second-order valence-electron chi connectivity index (χ2n) is 5.77. The quantitative estimate of drug-likeness (QED) is 0.821. The van der Waals surface area contributed by atoms with Crippen LogP contribution < -0.4 is 5.73 Å². The lowest BCUT2D eigenvalue weighted by atomic mass is 9.94. The topological polar surface area (TPSA) is 38.9 Å². The van der Waals surface area contributed by atoms with Crippen LogP contribution in [0.4, 0.5) is 0 Å². The molecule has 0 saturated carbocycles. The minimum Gasteiger partial charge on any atom is -0.327 e. The predicted octanol–water partition coefficient (Wildman–Crippen LogP) is 4.57. The van der Waals surface area contributed by atoms with Gasteiger partial charge in [0.15, 0.2) is 0 Å². The molecular formula is C18H22N2S. The van der Waals surface area contributed by atoms with Gasteiger partial charge in [0.25, 0.3) is 0 Å². The van der Waals surface area contributed by atoms with Crippen molar-refractivity contribution >= 4 is 11.3 Å². The van der Waals surface area contributed by atoms with E-state index in [4.69, 9.17) is 10.7 Å². The van der Waals surface area contributed by atoms with E-state index in [1.807, 2.05) is 6.07 Å². The van der Waals surface area contributed by atoms with Gasteiger partial charge in [-0.15, -0.1) is 11.3 Å². The van der Waals surface area contributed by atoms with Crippen molar-refractivity contribution in [2.45, 2.75) is 44.6 Å². The fourth-order valence-corrected chi connectivity index (χ4v) is 3.77. The summed E-state index contributed by atoms with van der Waals surface area (Å²) in [6.07, 6.45) is 9.44. The average molecular weight is 298 g/mol. The normalized spacial score (nSPS) is 16.5. The molecule has 0 bridgehead atoms. The number of aromatic nitrogens is 1. The zero-order valence-electron chi connectivity index (χ0n) is 12.3. The first-order valence-electron chi connectivity index (χ1n) is 7.74. The Labute approximate surface area is 130 Å². The summed E-state index contributed by atoms with van der Waals surface area (Å²) in [7, 11) is 0. The molecule has 21 heavy (non-hydrogen) atoms. The van der Waals surface area contributed by atoms with Crippen LogP contribution in [0.3, 0.4) is 0 Å². The lowest BCUT2D eigenvalue weighted by Crippen LogP contribution is -2.23. The van der Waals surface area contributed by atoms with Gasteiger partial charge in [0.05, 0.1) is 10.7 Å². The van der Waals surface area contributed by atoms with Crippen molar-refractivity contribution in [3.05, 3.63) is 52.4 Å². The molecule has 2 aromatic rings. The molecular weight excluding hydrogens is 276 g/mol. The molecule has 0 amide bonds. The number of thiazole rings is 1. The molecule has 0 aliphatic heterocycles. The summed E-state index contributed by atoms with van der Waals surface area (Å²) < 4.78 is 0. The van der Waals surface area contributed by atoms with Crippen molar-refractivity contribution in [3.63, 3.8) is 0 Å². The molecule has 2 N–H and O–H groups in total. The Morgan fingerprint density at radius 1 is 1.14 bits per heavy atom. The molecule has 0 fully saturated rings. The molecule has 1 aliphatic rings. The molecule has 3 rings (SSSR count). The van der Waals surface area contributed by atoms with Gasteiger partial charge in [0.1, 0.15) is 0 Å². The predicted molar refractivity (Wildman–Crippen MR) is 90.4 cm³/mol. The first kappa shape index (κ1) is 14.5. The summed E-state index contributed by atoms with van der Waals surface area (Å²) in [4.78, 5) is 4.73. The Kier molecular flexibility index (Phi) is 4.84. The molecule has 1 unspecified atom stereocenters. The van der Waals surface area contributed by atoms with Gasteiger partial charge in [-0.1, -0.05) is 42.0 Å². The van der Waals surface area contributed by atoms with Crippen LogP contribution in [0.5, 0.6) is 0 Å². The van der Waals surface area contributed by atoms with Crippen molar-refractivity contribution in [2.24, 2.45) is 5.73 Å². The van der Waals surface area contributed by atoms with Crippen molar-refractivity contribution in [2.75, 3.05) is 0 Å².